The number of aliphatic hydroxyl groups is 1. The highest BCUT2D eigenvalue weighted by atomic mass is 16.3. The Balaban J connectivity index is 1.39. The van der Waals surface area contributed by atoms with E-state index in [2.05, 4.69) is 32.4 Å². The Labute approximate surface area is 175 Å². The normalized spacial score (nSPS) is 21.7. The predicted octanol–water partition coefficient (Wildman–Crippen LogP) is 1.86. The van der Waals surface area contributed by atoms with Gasteiger partial charge >= 0.3 is 0 Å². The van der Waals surface area contributed by atoms with E-state index in [0.717, 1.165) is 18.5 Å². The molecule has 156 valence electrons. The lowest BCUT2D eigenvalue weighted by Gasteiger charge is -2.36. The molecule has 1 aromatic carbocycles. The number of rotatable bonds is 5. The first kappa shape index (κ1) is 19.0. The van der Waals surface area contributed by atoms with Crippen LogP contribution >= 0.6 is 0 Å². The Morgan fingerprint density at radius 3 is 2.73 bits per heavy atom. The maximum absolute atomic E-state index is 12.6. The van der Waals surface area contributed by atoms with E-state index < -0.39 is 6.10 Å². The summed E-state index contributed by atoms with van der Waals surface area (Å²) in [5.41, 5.74) is 2.38. The van der Waals surface area contributed by atoms with Crippen LogP contribution < -0.4 is 10.2 Å². The largest absolute Gasteiger partial charge is 0.391 e. The van der Waals surface area contributed by atoms with Gasteiger partial charge in [-0.1, -0.05) is 30.3 Å². The molecule has 5 rings (SSSR count). The number of nitrogens with one attached hydrogen (secondary N) is 1. The number of benzene rings is 1. The molecule has 2 N–H and O–H groups in total. The van der Waals surface area contributed by atoms with Gasteiger partial charge in [-0.3, -0.25) is 4.79 Å². The molecule has 0 bridgehead atoms. The number of aromatic nitrogens is 4. The number of piperidine rings is 1. The van der Waals surface area contributed by atoms with Gasteiger partial charge in [0.1, 0.15) is 6.33 Å². The van der Waals surface area contributed by atoms with Crippen LogP contribution in [-0.2, 0) is 7.05 Å². The second-order valence-electron chi connectivity index (χ2n) is 8.34. The second-order valence-corrected chi connectivity index (χ2v) is 8.34. The van der Waals surface area contributed by atoms with Gasteiger partial charge < -0.3 is 19.9 Å². The fourth-order valence-electron chi connectivity index (χ4n) is 4.27. The van der Waals surface area contributed by atoms with Crippen LogP contribution in [0.25, 0.3) is 11.2 Å². The standard InChI is InChI=1S/C22H26N6O2/c1-27-19-18(26-21(27)22(30)23-11-14-7-8-14)20(25-13-24-19)28-10-9-16(17(29)12-28)15-5-3-2-4-6-15/h2-6,13-14,16-17,29H,7-12H2,1H3,(H,23,30)/t16-,17+/m1/s1. The minimum absolute atomic E-state index is 0.104. The maximum atomic E-state index is 12.6. The summed E-state index contributed by atoms with van der Waals surface area (Å²) in [4.78, 5) is 28.1. The quantitative estimate of drug-likeness (QED) is 0.671. The molecule has 2 aromatic heterocycles. The van der Waals surface area contributed by atoms with Crippen molar-refractivity contribution < 1.29 is 9.90 Å². The second kappa shape index (κ2) is 7.68. The molecule has 1 saturated heterocycles. The summed E-state index contributed by atoms with van der Waals surface area (Å²) >= 11 is 0. The lowest BCUT2D eigenvalue weighted by Crippen LogP contribution is -2.43. The molecule has 2 aliphatic rings. The number of amides is 1. The van der Waals surface area contributed by atoms with E-state index in [9.17, 15) is 9.90 Å². The Morgan fingerprint density at radius 2 is 2.00 bits per heavy atom. The third kappa shape index (κ3) is 3.52. The summed E-state index contributed by atoms with van der Waals surface area (Å²) in [5, 5.41) is 13.8. The van der Waals surface area contributed by atoms with E-state index >= 15 is 0 Å². The molecule has 8 heteroatoms. The average Bonchev–Trinajstić information content (AvgIpc) is 3.54. The van der Waals surface area contributed by atoms with Gasteiger partial charge in [0, 0.05) is 32.6 Å². The van der Waals surface area contributed by atoms with Crippen molar-refractivity contribution in [2.75, 3.05) is 24.5 Å². The van der Waals surface area contributed by atoms with Gasteiger partial charge in [0.2, 0.25) is 5.82 Å². The fraction of sp³-hybridized carbons (Fsp3) is 0.455. The minimum atomic E-state index is -0.504. The minimum Gasteiger partial charge on any atom is -0.391 e. The molecular formula is C22H26N6O2. The Bertz CT molecular complexity index is 1060. The number of nitrogens with zero attached hydrogens (tertiary/aromatic N) is 5. The summed E-state index contributed by atoms with van der Waals surface area (Å²) in [6.45, 7) is 1.91. The van der Waals surface area contributed by atoms with Crippen LogP contribution in [0.3, 0.4) is 0 Å². The van der Waals surface area contributed by atoms with E-state index in [-0.39, 0.29) is 11.8 Å². The first-order valence-electron chi connectivity index (χ1n) is 10.6. The van der Waals surface area contributed by atoms with Crippen molar-refractivity contribution in [3.63, 3.8) is 0 Å². The number of aliphatic hydroxyl groups excluding tert-OH is 1. The SMILES string of the molecule is Cn1c(C(=O)NCC2CC2)nc2c(N3CC[C@H](c4ccccc4)[C@@H](O)C3)ncnc21. The van der Waals surface area contributed by atoms with Crippen LogP contribution in [0.1, 0.15) is 41.4 Å². The zero-order valence-electron chi connectivity index (χ0n) is 17.0. The molecular weight excluding hydrogens is 380 g/mol. The predicted molar refractivity (Wildman–Crippen MR) is 113 cm³/mol. The van der Waals surface area contributed by atoms with Gasteiger partial charge in [-0.05, 0) is 30.7 Å². The molecule has 3 aromatic rings. The molecule has 1 aliphatic carbocycles. The summed E-state index contributed by atoms with van der Waals surface area (Å²) < 4.78 is 1.72. The number of hydrogen-bond acceptors (Lipinski definition) is 6. The molecule has 1 amide bonds. The summed E-state index contributed by atoms with van der Waals surface area (Å²) in [6.07, 6.45) is 4.18. The molecule has 3 heterocycles. The lowest BCUT2D eigenvalue weighted by atomic mass is 9.87. The molecule has 8 nitrogen and oxygen atoms in total. The van der Waals surface area contributed by atoms with Crippen molar-refractivity contribution in [3.8, 4) is 0 Å². The van der Waals surface area contributed by atoms with Crippen LogP contribution in [0, 0.1) is 5.92 Å². The first-order valence-corrected chi connectivity index (χ1v) is 10.6. The molecule has 0 radical (unpaired) electrons. The third-order valence-corrected chi connectivity index (χ3v) is 6.20. The van der Waals surface area contributed by atoms with Crippen molar-refractivity contribution in [2.24, 2.45) is 13.0 Å². The number of anilines is 1. The average molecular weight is 406 g/mol. The van der Waals surface area contributed by atoms with Gasteiger partial charge in [-0.2, -0.15) is 0 Å². The van der Waals surface area contributed by atoms with Crippen molar-refractivity contribution in [1.82, 2.24) is 24.8 Å². The Kier molecular flexibility index (Phi) is 4.86. The zero-order valence-corrected chi connectivity index (χ0v) is 17.0. The molecule has 2 fully saturated rings. The van der Waals surface area contributed by atoms with Gasteiger partial charge in [-0.25, -0.2) is 15.0 Å². The lowest BCUT2D eigenvalue weighted by molar-refractivity contribution is 0.0938. The van der Waals surface area contributed by atoms with E-state index in [1.165, 1.54) is 19.2 Å². The number of β-amino-alcohol motifs (C(OH)–C–C–N with tert-alkyl or cyclic N) is 1. The van der Waals surface area contributed by atoms with Crippen LogP contribution in [0.2, 0.25) is 0 Å². The first-order chi connectivity index (χ1) is 14.6. The zero-order chi connectivity index (χ0) is 20.7. The van der Waals surface area contributed by atoms with E-state index in [1.807, 2.05) is 23.1 Å². The smallest absolute Gasteiger partial charge is 0.287 e. The third-order valence-electron chi connectivity index (χ3n) is 6.20. The highest BCUT2D eigenvalue weighted by molar-refractivity contribution is 5.96. The number of hydrogen-bond donors (Lipinski definition) is 2. The van der Waals surface area contributed by atoms with Crippen LogP contribution in [0.4, 0.5) is 5.82 Å². The van der Waals surface area contributed by atoms with Crippen molar-refractivity contribution >= 4 is 22.9 Å². The summed E-state index contributed by atoms with van der Waals surface area (Å²) in [6, 6.07) is 10.1. The molecule has 0 spiro atoms. The van der Waals surface area contributed by atoms with E-state index in [1.54, 1.807) is 11.6 Å². The molecule has 2 atom stereocenters. The monoisotopic (exact) mass is 406 g/mol. The molecule has 1 saturated carbocycles. The van der Waals surface area contributed by atoms with E-state index in [4.69, 9.17) is 0 Å². The molecule has 30 heavy (non-hydrogen) atoms. The van der Waals surface area contributed by atoms with Crippen molar-refractivity contribution in [3.05, 3.63) is 48.0 Å². The van der Waals surface area contributed by atoms with Gasteiger partial charge in [-0.15, -0.1) is 0 Å². The van der Waals surface area contributed by atoms with Gasteiger partial charge in [0.25, 0.3) is 5.91 Å². The van der Waals surface area contributed by atoms with Crippen LogP contribution in [0.15, 0.2) is 36.7 Å². The van der Waals surface area contributed by atoms with Gasteiger partial charge in [0.15, 0.2) is 17.0 Å². The highest BCUT2D eigenvalue weighted by Crippen LogP contribution is 2.32. The topological polar surface area (TPSA) is 96.2 Å². The number of fused-ring (bicyclic) bond motifs is 1. The fourth-order valence-corrected chi connectivity index (χ4v) is 4.27. The number of aryl methyl sites for hydroxylation is 1. The van der Waals surface area contributed by atoms with Crippen LogP contribution in [0.5, 0.6) is 0 Å². The van der Waals surface area contributed by atoms with Crippen molar-refractivity contribution in [2.45, 2.75) is 31.3 Å². The summed E-state index contributed by atoms with van der Waals surface area (Å²) in [7, 11) is 1.80. The van der Waals surface area contributed by atoms with Gasteiger partial charge in [0.05, 0.1) is 6.10 Å². The highest BCUT2D eigenvalue weighted by Gasteiger charge is 2.31. The number of imidazole rings is 1. The molecule has 1 aliphatic heterocycles. The Morgan fingerprint density at radius 1 is 1.20 bits per heavy atom. The summed E-state index contributed by atoms with van der Waals surface area (Å²) in [5.74, 6) is 1.53. The van der Waals surface area contributed by atoms with Crippen LogP contribution in [-0.4, -0.2) is 56.3 Å². The van der Waals surface area contributed by atoms with Crippen molar-refractivity contribution in [1.29, 1.82) is 0 Å². The molecule has 0 unspecified atom stereocenters. The van der Waals surface area contributed by atoms with E-state index in [0.29, 0.717) is 41.8 Å². The number of carbonyl (C=O) groups excluding carboxylic acids is 1. The Hall–Kier alpha value is -3.00. The number of carbonyl (C=O) groups is 1. The maximum Gasteiger partial charge on any atom is 0.287 e.